The average molecular weight is 792 g/mol. The zero-order chi connectivity index (χ0) is 39.2. The van der Waals surface area contributed by atoms with E-state index in [1.54, 1.807) is 24.4 Å². The van der Waals surface area contributed by atoms with E-state index in [0.717, 1.165) is 65.6 Å². The number of carboxylic acids is 1. The molecule has 2 aromatic heterocycles. The summed E-state index contributed by atoms with van der Waals surface area (Å²) >= 11 is 14.0. The maximum absolute atomic E-state index is 11.6. The van der Waals surface area contributed by atoms with E-state index in [2.05, 4.69) is 45.5 Å². The Balaban J connectivity index is 1.14. The summed E-state index contributed by atoms with van der Waals surface area (Å²) in [4.78, 5) is 18.0. The second-order valence-electron chi connectivity index (χ2n) is 13.9. The molecule has 7 rings (SSSR count). The number of aliphatic hydroxyl groups is 2. The Kier molecular flexibility index (Phi) is 12.3. The van der Waals surface area contributed by atoms with Crippen molar-refractivity contribution < 1.29 is 24.9 Å². The molecule has 1 aliphatic rings. The van der Waals surface area contributed by atoms with E-state index in [9.17, 15) is 25.4 Å². The third-order valence-corrected chi connectivity index (χ3v) is 10.9. The molecule has 1 saturated heterocycles. The molecule has 3 heterocycles. The van der Waals surface area contributed by atoms with Crippen LogP contribution < -0.4 is 10.1 Å². The van der Waals surface area contributed by atoms with Gasteiger partial charge in [-0.1, -0.05) is 77.8 Å². The van der Waals surface area contributed by atoms with Gasteiger partial charge in [-0.15, -0.1) is 0 Å². The van der Waals surface area contributed by atoms with Crippen LogP contribution in [0.4, 0.5) is 0 Å². The van der Waals surface area contributed by atoms with Crippen LogP contribution in [-0.2, 0) is 30.9 Å². The normalized spacial score (nSPS) is 14.9. The van der Waals surface area contributed by atoms with Crippen molar-refractivity contribution in [1.82, 2.24) is 25.0 Å². The Bertz CT molecular complexity index is 2400. The fraction of sp³-hybridized carbons (Fsp3) is 0.256. The maximum Gasteiger partial charge on any atom is 0.323 e. The zero-order valence-corrected chi connectivity index (χ0v) is 31.9. The fourth-order valence-corrected chi connectivity index (χ4v) is 7.61. The SMILES string of the molecule is N#Cc1cncc(COc2cc(Cn3ncc4c(-c5cccc(-c6ccc(CCN7CC[C@@H](O)C7)cc6)c5Cl)cccc43)c(Cl)cc2CN[C@@H](CO)C(=O)O)c1. The third-order valence-electron chi connectivity index (χ3n) is 10.1. The first-order valence-corrected chi connectivity index (χ1v) is 19.0. The van der Waals surface area contributed by atoms with Crippen LogP contribution in [0, 0.1) is 11.3 Å². The van der Waals surface area contributed by atoms with Crippen molar-refractivity contribution in [2.24, 2.45) is 0 Å². The number of hydrogen-bond acceptors (Lipinski definition) is 9. The molecule has 286 valence electrons. The van der Waals surface area contributed by atoms with Crippen molar-refractivity contribution >= 4 is 40.1 Å². The molecule has 4 aromatic carbocycles. The van der Waals surface area contributed by atoms with Gasteiger partial charge in [0, 0.05) is 71.2 Å². The lowest BCUT2D eigenvalue weighted by Crippen LogP contribution is -2.39. The number of carboxylic acid groups (broad SMARTS) is 1. The minimum absolute atomic E-state index is 0.0614. The van der Waals surface area contributed by atoms with Crippen molar-refractivity contribution in [3.8, 4) is 34.1 Å². The van der Waals surface area contributed by atoms with Crippen molar-refractivity contribution in [3.63, 3.8) is 0 Å². The van der Waals surface area contributed by atoms with Crippen molar-refractivity contribution in [2.75, 3.05) is 26.2 Å². The number of aliphatic carboxylic acids is 1. The van der Waals surface area contributed by atoms with E-state index in [1.807, 2.05) is 47.3 Å². The van der Waals surface area contributed by atoms with Crippen LogP contribution in [0.15, 0.2) is 97.5 Å². The number of pyridine rings is 1. The summed E-state index contributed by atoms with van der Waals surface area (Å²) < 4.78 is 8.07. The topological polar surface area (TPSA) is 157 Å². The molecular formula is C43H40Cl2N6O5. The number of likely N-dealkylation sites (tertiary alicyclic amines) is 1. The standard InChI is InChI=1S/C43H40Cl2N6O5/c44-38-16-31(21-48-39(25-52)43(54)55)41(56-26-29-15-28(18-46)19-47-20-29)17-32(38)23-51-40-6-2-4-35(37(40)22-49-51)36-5-1-3-34(42(36)45)30-9-7-27(8-10-30)11-13-50-14-12-33(53)24-50/h1-10,15-17,19-20,22,33,39,48,52-53H,11-14,21,23-26H2,(H,54,55)/t33-,39+/m1/s1. The summed E-state index contributed by atoms with van der Waals surface area (Å²) in [7, 11) is 0. The first kappa shape index (κ1) is 38.9. The monoisotopic (exact) mass is 790 g/mol. The molecule has 2 atom stereocenters. The molecule has 0 amide bonds. The van der Waals surface area contributed by atoms with E-state index < -0.39 is 18.6 Å². The van der Waals surface area contributed by atoms with Gasteiger partial charge in [-0.2, -0.15) is 10.4 Å². The zero-order valence-electron chi connectivity index (χ0n) is 30.4. The largest absolute Gasteiger partial charge is 0.489 e. The van der Waals surface area contributed by atoms with Gasteiger partial charge in [0.25, 0.3) is 0 Å². The molecule has 1 aliphatic heterocycles. The van der Waals surface area contributed by atoms with Gasteiger partial charge < -0.3 is 25.0 Å². The number of ether oxygens (including phenoxy) is 1. The number of β-amino-alcohol motifs (C(OH)–C–C–N with tert-alkyl or cyclic N) is 1. The highest BCUT2D eigenvalue weighted by Gasteiger charge is 2.21. The number of fused-ring (bicyclic) bond motifs is 1. The van der Waals surface area contributed by atoms with Crippen LogP contribution in [0.1, 0.15) is 34.2 Å². The minimum Gasteiger partial charge on any atom is -0.489 e. The van der Waals surface area contributed by atoms with E-state index in [4.69, 9.17) is 33.0 Å². The predicted molar refractivity (Wildman–Crippen MR) is 216 cm³/mol. The van der Waals surface area contributed by atoms with Crippen molar-refractivity contribution in [3.05, 3.63) is 135 Å². The molecule has 0 spiro atoms. The molecule has 0 bridgehead atoms. The van der Waals surface area contributed by atoms with Gasteiger partial charge in [0.2, 0.25) is 0 Å². The first-order valence-electron chi connectivity index (χ1n) is 18.3. The molecule has 13 heteroatoms. The van der Waals surface area contributed by atoms with E-state index in [1.165, 1.54) is 11.8 Å². The van der Waals surface area contributed by atoms with E-state index >= 15 is 0 Å². The number of aromatic nitrogens is 3. The van der Waals surface area contributed by atoms with Gasteiger partial charge in [-0.3, -0.25) is 19.8 Å². The lowest BCUT2D eigenvalue weighted by molar-refractivity contribution is -0.140. The number of aliphatic hydroxyl groups excluding tert-OH is 2. The van der Waals surface area contributed by atoms with Crippen LogP contribution >= 0.6 is 23.2 Å². The Morgan fingerprint density at radius 3 is 2.52 bits per heavy atom. The highest BCUT2D eigenvalue weighted by atomic mass is 35.5. The van der Waals surface area contributed by atoms with Crippen LogP contribution in [0.3, 0.4) is 0 Å². The van der Waals surface area contributed by atoms with E-state index in [-0.39, 0.29) is 19.3 Å². The number of hydrogen-bond donors (Lipinski definition) is 4. The fourth-order valence-electron chi connectivity index (χ4n) is 7.02. The van der Waals surface area contributed by atoms with Crippen molar-refractivity contribution in [2.45, 2.75) is 44.7 Å². The number of rotatable bonds is 15. The average Bonchev–Trinajstić information content (AvgIpc) is 3.83. The summed E-state index contributed by atoms with van der Waals surface area (Å²) in [6, 6.07) is 26.7. The molecule has 0 radical (unpaired) electrons. The molecular weight excluding hydrogens is 751 g/mol. The van der Waals surface area contributed by atoms with Gasteiger partial charge in [-0.05, 0) is 59.4 Å². The molecule has 4 N–H and O–H groups in total. The van der Waals surface area contributed by atoms with Gasteiger partial charge in [0.1, 0.15) is 24.5 Å². The number of halogens is 2. The minimum atomic E-state index is -1.18. The second kappa shape index (κ2) is 17.6. The molecule has 0 unspecified atom stereocenters. The summed E-state index contributed by atoms with van der Waals surface area (Å²) in [6.45, 7) is 2.47. The predicted octanol–water partition coefficient (Wildman–Crippen LogP) is 6.72. The highest BCUT2D eigenvalue weighted by molar-refractivity contribution is 6.36. The maximum atomic E-state index is 11.6. The molecule has 6 aromatic rings. The lowest BCUT2D eigenvalue weighted by atomic mass is 9.96. The molecule has 11 nitrogen and oxygen atoms in total. The van der Waals surface area contributed by atoms with Gasteiger partial charge in [-0.25, -0.2) is 0 Å². The van der Waals surface area contributed by atoms with Gasteiger partial charge >= 0.3 is 5.97 Å². The summed E-state index contributed by atoms with van der Waals surface area (Å²) in [5, 5.41) is 47.7. The smallest absolute Gasteiger partial charge is 0.323 e. The molecule has 1 fully saturated rings. The molecule has 0 aliphatic carbocycles. The quantitative estimate of drug-likeness (QED) is 0.0882. The van der Waals surface area contributed by atoms with Crippen molar-refractivity contribution in [1.29, 1.82) is 5.26 Å². The summed E-state index contributed by atoms with van der Waals surface area (Å²) in [5.41, 5.74) is 8.26. The van der Waals surface area contributed by atoms with Crippen LogP contribution in [-0.4, -0.2) is 79.3 Å². The van der Waals surface area contributed by atoms with Crippen LogP contribution in [0.2, 0.25) is 10.0 Å². The molecule has 56 heavy (non-hydrogen) atoms. The second-order valence-corrected chi connectivity index (χ2v) is 14.7. The number of nitrogens with zero attached hydrogens (tertiary/aromatic N) is 5. The van der Waals surface area contributed by atoms with E-state index in [0.29, 0.717) is 44.6 Å². The molecule has 0 saturated carbocycles. The Morgan fingerprint density at radius 2 is 1.77 bits per heavy atom. The van der Waals surface area contributed by atoms with Crippen LogP contribution in [0.5, 0.6) is 5.75 Å². The van der Waals surface area contributed by atoms with Gasteiger partial charge in [0.05, 0.1) is 41.6 Å². The third kappa shape index (κ3) is 8.87. The van der Waals surface area contributed by atoms with Gasteiger partial charge in [0.15, 0.2) is 0 Å². The summed E-state index contributed by atoms with van der Waals surface area (Å²) in [6.07, 6.45) is 6.44. The lowest BCUT2D eigenvalue weighted by Gasteiger charge is -2.18. The Labute approximate surface area is 334 Å². The number of nitrogens with one attached hydrogen (secondary N) is 1. The highest BCUT2D eigenvalue weighted by Crippen LogP contribution is 2.39. The summed E-state index contributed by atoms with van der Waals surface area (Å²) in [5.74, 6) is -0.739. The Hall–Kier alpha value is -5.32. The van der Waals surface area contributed by atoms with Crippen LogP contribution in [0.25, 0.3) is 33.2 Å². The number of nitriles is 1. The first-order chi connectivity index (χ1) is 27.2. The number of benzene rings is 4. The Morgan fingerprint density at radius 1 is 0.982 bits per heavy atom. The number of carbonyl (C=O) groups is 1.